The number of hydrogen-bond acceptors (Lipinski definition) is 2. The lowest BCUT2D eigenvalue weighted by Gasteiger charge is -2.20. The van der Waals surface area contributed by atoms with Crippen molar-refractivity contribution in [3.05, 3.63) is 59.2 Å². The fourth-order valence-electron chi connectivity index (χ4n) is 2.36. The molecule has 2 aromatic rings. The molecule has 0 fully saturated rings. The molecule has 0 bridgehead atoms. The molecule has 0 amide bonds. The van der Waals surface area contributed by atoms with Gasteiger partial charge in [-0.05, 0) is 56.8 Å². The van der Waals surface area contributed by atoms with Gasteiger partial charge in [0.1, 0.15) is 5.75 Å². The summed E-state index contributed by atoms with van der Waals surface area (Å²) in [5.74, 6) is 0.865. The summed E-state index contributed by atoms with van der Waals surface area (Å²) < 4.78 is 5.43. The number of benzene rings is 2. The lowest BCUT2D eigenvalue weighted by atomic mass is 10.0. The van der Waals surface area contributed by atoms with Crippen molar-refractivity contribution in [2.24, 2.45) is 0 Å². The summed E-state index contributed by atoms with van der Waals surface area (Å²) in [7, 11) is 1.68. The zero-order chi connectivity index (χ0) is 16.1. The number of thiocarbonyl (C=S) groups is 1. The number of rotatable bonds is 4. The maximum atomic E-state index is 5.43. The van der Waals surface area contributed by atoms with E-state index in [4.69, 9.17) is 17.0 Å². The Balaban J connectivity index is 2.06. The highest BCUT2D eigenvalue weighted by Crippen LogP contribution is 2.26. The molecule has 22 heavy (non-hydrogen) atoms. The number of methoxy groups -OCH3 is 1. The van der Waals surface area contributed by atoms with Gasteiger partial charge < -0.3 is 15.4 Å². The molecular weight excluding hydrogens is 292 g/mol. The van der Waals surface area contributed by atoms with Crippen LogP contribution in [-0.4, -0.2) is 12.2 Å². The van der Waals surface area contributed by atoms with Crippen LogP contribution in [0.3, 0.4) is 0 Å². The van der Waals surface area contributed by atoms with Crippen LogP contribution in [0.5, 0.6) is 5.75 Å². The normalized spacial score (nSPS) is 11.6. The number of hydrogen-bond donors (Lipinski definition) is 2. The SMILES string of the molecule is COc1ccc(C)cc1[C@@H](C)NC(=S)Nc1cccc(C)c1. The van der Waals surface area contributed by atoms with E-state index in [-0.39, 0.29) is 6.04 Å². The number of aryl methyl sites for hydroxylation is 2. The fourth-order valence-corrected chi connectivity index (χ4v) is 2.65. The van der Waals surface area contributed by atoms with E-state index in [0.717, 1.165) is 17.0 Å². The van der Waals surface area contributed by atoms with Crippen molar-refractivity contribution in [1.82, 2.24) is 5.32 Å². The van der Waals surface area contributed by atoms with E-state index in [0.29, 0.717) is 5.11 Å². The smallest absolute Gasteiger partial charge is 0.171 e. The maximum Gasteiger partial charge on any atom is 0.171 e. The summed E-state index contributed by atoms with van der Waals surface area (Å²) in [6.45, 7) is 6.20. The van der Waals surface area contributed by atoms with Crippen molar-refractivity contribution >= 4 is 23.0 Å². The van der Waals surface area contributed by atoms with Gasteiger partial charge in [0.25, 0.3) is 0 Å². The number of nitrogens with one attached hydrogen (secondary N) is 2. The first-order valence-corrected chi connectivity index (χ1v) is 7.69. The van der Waals surface area contributed by atoms with Crippen LogP contribution in [0.4, 0.5) is 5.69 Å². The Hall–Kier alpha value is -2.07. The molecule has 0 saturated carbocycles. The van der Waals surface area contributed by atoms with E-state index in [1.54, 1.807) is 7.11 Å². The molecule has 0 radical (unpaired) electrons. The van der Waals surface area contributed by atoms with Gasteiger partial charge in [-0.25, -0.2) is 0 Å². The van der Waals surface area contributed by atoms with E-state index in [1.165, 1.54) is 11.1 Å². The molecule has 0 aliphatic heterocycles. The Labute approximate surface area is 137 Å². The second-order valence-corrected chi connectivity index (χ2v) is 5.84. The molecule has 1 atom stereocenters. The first kappa shape index (κ1) is 16.3. The Bertz CT molecular complexity index is 670. The highest BCUT2D eigenvalue weighted by atomic mass is 32.1. The topological polar surface area (TPSA) is 33.3 Å². The average Bonchev–Trinajstić information content (AvgIpc) is 2.47. The van der Waals surface area contributed by atoms with E-state index in [2.05, 4.69) is 49.6 Å². The van der Waals surface area contributed by atoms with Gasteiger partial charge in [-0.1, -0.05) is 29.8 Å². The molecule has 3 nitrogen and oxygen atoms in total. The largest absolute Gasteiger partial charge is 0.496 e. The van der Waals surface area contributed by atoms with Crippen LogP contribution < -0.4 is 15.4 Å². The van der Waals surface area contributed by atoms with Gasteiger partial charge >= 0.3 is 0 Å². The second-order valence-electron chi connectivity index (χ2n) is 5.44. The predicted molar refractivity (Wildman–Crippen MR) is 96.7 cm³/mol. The van der Waals surface area contributed by atoms with Crippen LogP contribution in [0.25, 0.3) is 0 Å². The van der Waals surface area contributed by atoms with Crippen LogP contribution in [0.1, 0.15) is 29.7 Å². The molecular formula is C18H22N2OS. The van der Waals surface area contributed by atoms with E-state index < -0.39 is 0 Å². The second kappa shape index (κ2) is 7.27. The molecule has 0 saturated heterocycles. The molecule has 2 N–H and O–H groups in total. The third-order valence-corrected chi connectivity index (χ3v) is 3.70. The third-order valence-electron chi connectivity index (χ3n) is 3.48. The Kier molecular flexibility index (Phi) is 5.39. The predicted octanol–water partition coefficient (Wildman–Crippen LogP) is 4.36. The molecule has 0 spiro atoms. The van der Waals surface area contributed by atoms with Crippen LogP contribution in [0.2, 0.25) is 0 Å². The van der Waals surface area contributed by atoms with Crippen molar-refractivity contribution in [2.45, 2.75) is 26.8 Å². The Morgan fingerprint density at radius 3 is 2.50 bits per heavy atom. The molecule has 116 valence electrons. The van der Waals surface area contributed by atoms with Gasteiger partial charge in [0.2, 0.25) is 0 Å². The molecule has 0 aromatic heterocycles. The van der Waals surface area contributed by atoms with Gasteiger partial charge in [0, 0.05) is 11.3 Å². The summed E-state index contributed by atoms with van der Waals surface area (Å²) in [4.78, 5) is 0. The van der Waals surface area contributed by atoms with Crippen LogP contribution >= 0.6 is 12.2 Å². The van der Waals surface area contributed by atoms with Crippen LogP contribution in [-0.2, 0) is 0 Å². The van der Waals surface area contributed by atoms with Gasteiger partial charge in [-0.3, -0.25) is 0 Å². The molecule has 0 aliphatic rings. The van der Waals surface area contributed by atoms with Gasteiger partial charge in [0.15, 0.2) is 5.11 Å². The molecule has 0 heterocycles. The maximum absolute atomic E-state index is 5.43. The zero-order valence-electron chi connectivity index (χ0n) is 13.4. The zero-order valence-corrected chi connectivity index (χ0v) is 14.3. The fraction of sp³-hybridized carbons (Fsp3) is 0.278. The third kappa shape index (κ3) is 4.21. The summed E-state index contributed by atoms with van der Waals surface area (Å²) in [5.41, 5.74) is 4.47. The summed E-state index contributed by atoms with van der Waals surface area (Å²) >= 11 is 5.40. The Morgan fingerprint density at radius 1 is 1.09 bits per heavy atom. The van der Waals surface area contributed by atoms with Crippen LogP contribution in [0.15, 0.2) is 42.5 Å². The van der Waals surface area contributed by atoms with Crippen molar-refractivity contribution < 1.29 is 4.74 Å². The lowest BCUT2D eigenvalue weighted by molar-refractivity contribution is 0.405. The molecule has 0 unspecified atom stereocenters. The minimum atomic E-state index is 0.0552. The molecule has 2 rings (SSSR count). The first-order valence-electron chi connectivity index (χ1n) is 7.28. The van der Waals surface area contributed by atoms with Crippen molar-refractivity contribution in [3.63, 3.8) is 0 Å². The van der Waals surface area contributed by atoms with Gasteiger partial charge in [0.05, 0.1) is 13.2 Å². The summed E-state index contributed by atoms with van der Waals surface area (Å²) in [5, 5.41) is 7.12. The van der Waals surface area contributed by atoms with E-state index >= 15 is 0 Å². The monoisotopic (exact) mass is 314 g/mol. The van der Waals surface area contributed by atoms with Crippen molar-refractivity contribution in [2.75, 3.05) is 12.4 Å². The summed E-state index contributed by atoms with van der Waals surface area (Å²) in [6.07, 6.45) is 0. The number of ether oxygens (including phenoxy) is 1. The minimum Gasteiger partial charge on any atom is -0.496 e. The molecule has 0 aliphatic carbocycles. The van der Waals surface area contributed by atoms with Crippen molar-refractivity contribution in [3.8, 4) is 5.75 Å². The van der Waals surface area contributed by atoms with Gasteiger partial charge in [-0.15, -0.1) is 0 Å². The Morgan fingerprint density at radius 2 is 1.82 bits per heavy atom. The summed E-state index contributed by atoms with van der Waals surface area (Å²) in [6, 6.07) is 14.3. The van der Waals surface area contributed by atoms with E-state index in [1.807, 2.05) is 24.3 Å². The average molecular weight is 314 g/mol. The minimum absolute atomic E-state index is 0.0552. The highest BCUT2D eigenvalue weighted by molar-refractivity contribution is 7.80. The first-order chi connectivity index (χ1) is 10.5. The van der Waals surface area contributed by atoms with Crippen LogP contribution in [0, 0.1) is 13.8 Å². The van der Waals surface area contributed by atoms with Crippen molar-refractivity contribution in [1.29, 1.82) is 0 Å². The number of anilines is 1. The molecule has 2 aromatic carbocycles. The lowest BCUT2D eigenvalue weighted by Crippen LogP contribution is -2.31. The van der Waals surface area contributed by atoms with Gasteiger partial charge in [-0.2, -0.15) is 0 Å². The van der Waals surface area contributed by atoms with E-state index in [9.17, 15) is 0 Å². The standard InChI is InChI=1S/C18H22N2OS/c1-12-6-5-7-15(10-12)20-18(22)19-14(3)16-11-13(2)8-9-17(16)21-4/h5-11,14H,1-4H3,(H2,19,20,22)/t14-/m1/s1. The molecule has 4 heteroatoms. The quantitative estimate of drug-likeness (QED) is 0.822. The highest BCUT2D eigenvalue weighted by Gasteiger charge is 2.12.